The number of aryl methyl sites for hydroxylation is 2. The van der Waals surface area contributed by atoms with Gasteiger partial charge in [0.05, 0.1) is 10.6 Å². The van der Waals surface area contributed by atoms with Crippen LogP contribution in [0, 0.1) is 13.8 Å². The first-order valence-electron chi connectivity index (χ1n) is 5.49. The summed E-state index contributed by atoms with van der Waals surface area (Å²) in [5.41, 5.74) is 1.63. The number of pyridine rings is 2. The number of hydrogen-bond donors (Lipinski definition) is 1. The quantitative estimate of drug-likeness (QED) is 0.937. The maximum atomic E-state index is 11.3. The first-order valence-corrected chi connectivity index (χ1v) is 6.68. The van der Waals surface area contributed by atoms with E-state index in [1.165, 1.54) is 0 Å². The van der Waals surface area contributed by atoms with Gasteiger partial charge in [-0.05, 0) is 49.4 Å². The molecule has 1 N–H and O–H groups in total. The molecule has 2 rings (SSSR count). The van der Waals surface area contributed by atoms with Gasteiger partial charge in [-0.3, -0.25) is 0 Å². The Balaban J connectivity index is 2.51. The van der Waals surface area contributed by atoms with Crippen molar-refractivity contribution in [2.24, 2.45) is 0 Å². The third-order valence-electron chi connectivity index (χ3n) is 2.44. The highest BCUT2D eigenvalue weighted by molar-refractivity contribution is 7.99. The fraction of sp³-hybridized carbons (Fsp3) is 0.154. The topological polar surface area (TPSA) is 63.1 Å². The first-order chi connectivity index (χ1) is 8.99. The van der Waals surface area contributed by atoms with Crippen LogP contribution >= 0.6 is 23.4 Å². The zero-order valence-corrected chi connectivity index (χ0v) is 11.9. The lowest BCUT2D eigenvalue weighted by Gasteiger charge is -2.09. The molecule has 2 aromatic rings. The first kappa shape index (κ1) is 13.8. The molecule has 0 spiro atoms. The summed E-state index contributed by atoms with van der Waals surface area (Å²) in [5, 5.41) is 10.7. The molecule has 0 aliphatic heterocycles. The molecule has 0 saturated heterocycles. The fourth-order valence-corrected chi connectivity index (χ4v) is 2.91. The van der Waals surface area contributed by atoms with Crippen LogP contribution in [0.5, 0.6) is 0 Å². The van der Waals surface area contributed by atoms with E-state index in [1.54, 1.807) is 31.3 Å². The van der Waals surface area contributed by atoms with Crippen molar-refractivity contribution in [3.8, 4) is 0 Å². The number of rotatable bonds is 3. The van der Waals surface area contributed by atoms with Gasteiger partial charge in [0.2, 0.25) is 0 Å². The van der Waals surface area contributed by atoms with Crippen LogP contribution in [0.4, 0.5) is 0 Å². The van der Waals surface area contributed by atoms with Gasteiger partial charge in [0, 0.05) is 11.9 Å². The van der Waals surface area contributed by atoms with Crippen LogP contribution in [-0.2, 0) is 0 Å². The van der Waals surface area contributed by atoms with E-state index in [2.05, 4.69) is 9.97 Å². The second kappa shape index (κ2) is 5.59. The Morgan fingerprint density at radius 2 is 2.11 bits per heavy atom. The highest BCUT2D eigenvalue weighted by Gasteiger charge is 2.18. The number of carboxylic acid groups (broad SMARTS) is 1. The van der Waals surface area contributed by atoms with Gasteiger partial charge in [-0.2, -0.15) is 0 Å². The summed E-state index contributed by atoms with van der Waals surface area (Å²) >= 11 is 7.19. The van der Waals surface area contributed by atoms with Crippen molar-refractivity contribution in [2.75, 3.05) is 0 Å². The Kier molecular flexibility index (Phi) is 4.07. The van der Waals surface area contributed by atoms with Crippen molar-refractivity contribution < 1.29 is 9.90 Å². The second-order valence-corrected chi connectivity index (χ2v) is 5.34. The Morgan fingerprint density at radius 3 is 2.74 bits per heavy atom. The molecule has 0 bridgehead atoms. The Hall–Kier alpha value is -1.59. The van der Waals surface area contributed by atoms with E-state index < -0.39 is 5.97 Å². The molecular formula is C13H11ClN2O2S. The summed E-state index contributed by atoms with van der Waals surface area (Å²) in [6.45, 7) is 3.57. The smallest absolute Gasteiger partial charge is 0.338 e. The Bertz CT molecular complexity index is 647. The van der Waals surface area contributed by atoms with E-state index in [0.717, 1.165) is 17.5 Å². The minimum Gasteiger partial charge on any atom is -0.478 e. The molecular weight excluding hydrogens is 284 g/mol. The maximum Gasteiger partial charge on any atom is 0.338 e. The Labute approximate surface area is 119 Å². The number of carbonyl (C=O) groups is 1. The van der Waals surface area contributed by atoms with Crippen LogP contribution in [0.15, 0.2) is 34.4 Å². The van der Waals surface area contributed by atoms with Crippen molar-refractivity contribution in [2.45, 2.75) is 23.9 Å². The minimum atomic E-state index is -1.00. The molecule has 0 saturated carbocycles. The number of nitrogens with zero attached hydrogens (tertiary/aromatic N) is 2. The SMILES string of the molecule is Cc1cc(C)c(C(=O)O)c(Sc2ncccc2Cl)n1. The van der Waals surface area contributed by atoms with Gasteiger partial charge in [-0.25, -0.2) is 14.8 Å². The molecule has 0 aromatic carbocycles. The van der Waals surface area contributed by atoms with Crippen molar-refractivity contribution in [1.29, 1.82) is 0 Å². The second-order valence-electron chi connectivity index (χ2n) is 3.96. The standard InChI is InChI=1S/C13H11ClN2O2S/c1-7-6-8(2)16-12(10(7)13(17)18)19-11-9(14)4-3-5-15-11/h3-6H,1-2H3,(H,17,18). The summed E-state index contributed by atoms with van der Waals surface area (Å²) in [6, 6.07) is 5.17. The molecule has 2 heterocycles. The molecule has 2 aromatic heterocycles. The van der Waals surface area contributed by atoms with Gasteiger partial charge < -0.3 is 5.11 Å². The molecule has 0 aliphatic carbocycles. The monoisotopic (exact) mass is 294 g/mol. The van der Waals surface area contributed by atoms with Crippen molar-refractivity contribution in [3.63, 3.8) is 0 Å². The molecule has 0 radical (unpaired) electrons. The van der Waals surface area contributed by atoms with Gasteiger partial charge in [0.25, 0.3) is 0 Å². The third kappa shape index (κ3) is 3.05. The average Bonchev–Trinajstić information content (AvgIpc) is 2.30. The molecule has 0 aliphatic rings. The molecule has 0 amide bonds. The minimum absolute atomic E-state index is 0.192. The summed E-state index contributed by atoms with van der Waals surface area (Å²) in [7, 11) is 0. The fourth-order valence-electron chi connectivity index (χ4n) is 1.67. The van der Waals surface area contributed by atoms with Crippen LogP contribution in [0.1, 0.15) is 21.6 Å². The third-order valence-corrected chi connectivity index (χ3v) is 3.87. The van der Waals surface area contributed by atoms with E-state index in [1.807, 2.05) is 6.92 Å². The highest BCUT2D eigenvalue weighted by atomic mass is 35.5. The number of hydrogen-bond acceptors (Lipinski definition) is 4. The van der Waals surface area contributed by atoms with Crippen LogP contribution in [0.3, 0.4) is 0 Å². The van der Waals surface area contributed by atoms with Crippen LogP contribution in [0.25, 0.3) is 0 Å². The van der Waals surface area contributed by atoms with Crippen LogP contribution in [0.2, 0.25) is 5.02 Å². The van der Waals surface area contributed by atoms with E-state index in [4.69, 9.17) is 11.6 Å². The summed E-state index contributed by atoms with van der Waals surface area (Å²) in [4.78, 5) is 19.7. The van der Waals surface area contributed by atoms with Crippen LogP contribution < -0.4 is 0 Å². The largest absolute Gasteiger partial charge is 0.478 e. The number of halogens is 1. The van der Waals surface area contributed by atoms with Gasteiger partial charge in [-0.15, -0.1) is 0 Å². The Morgan fingerprint density at radius 1 is 1.37 bits per heavy atom. The lowest BCUT2D eigenvalue weighted by atomic mass is 10.1. The summed E-state index contributed by atoms with van der Waals surface area (Å²) in [5.74, 6) is -1.00. The molecule has 19 heavy (non-hydrogen) atoms. The van der Waals surface area contributed by atoms with Gasteiger partial charge in [0.15, 0.2) is 0 Å². The van der Waals surface area contributed by atoms with Crippen LogP contribution in [-0.4, -0.2) is 21.0 Å². The van der Waals surface area contributed by atoms with Gasteiger partial charge in [0.1, 0.15) is 10.1 Å². The number of aromatic nitrogens is 2. The molecule has 6 heteroatoms. The maximum absolute atomic E-state index is 11.3. The lowest BCUT2D eigenvalue weighted by molar-refractivity contribution is 0.0691. The normalized spacial score (nSPS) is 10.5. The van der Waals surface area contributed by atoms with E-state index in [9.17, 15) is 9.90 Å². The lowest BCUT2D eigenvalue weighted by Crippen LogP contribution is -2.05. The van der Waals surface area contributed by atoms with Crippen molar-refractivity contribution in [1.82, 2.24) is 9.97 Å². The highest BCUT2D eigenvalue weighted by Crippen LogP contribution is 2.33. The molecule has 0 unspecified atom stereocenters. The molecule has 0 fully saturated rings. The van der Waals surface area contributed by atoms with Crippen molar-refractivity contribution >= 4 is 29.3 Å². The van der Waals surface area contributed by atoms with Gasteiger partial charge in [-0.1, -0.05) is 11.6 Å². The number of carboxylic acids is 1. The zero-order valence-electron chi connectivity index (χ0n) is 10.3. The number of aromatic carboxylic acids is 1. The van der Waals surface area contributed by atoms with E-state index in [-0.39, 0.29) is 5.56 Å². The summed E-state index contributed by atoms with van der Waals surface area (Å²) < 4.78 is 0. The van der Waals surface area contributed by atoms with E-state index in [0.29, 0.717) is 20.6 Å². The van der Waals surface area contributed by atoms with E-state index >= 15 is 0 Å². The molecule has 98 valence electrons. The van der Waals surface area contributed by atoms with Gasteiger partial charge >= 0.3 is 5.97 Å². The molecule has 0 atom stereocenters. The molecule has 4 nitrogen and oxygen atoms in total. The summed E-state index contributed by atoms with van der Waals surface area (Å²) in [6.07, 6.45) is 1.61. The zero-order chi connectivity index (χ0) is 14.0. The average molecular weight is 295 g/mol. The predicted molar refractivity (Wildman–Crippen MR) is 74.0 cm³/mol. The van der Waals surface area contributed by atoms with Crippen molar-refractivity contribution in [3.05, 3.63) is 46.2 Å². The predicted octanol–water partition coefficient (Wildman–Crippen LogP) is 3.60.